The van der Waals surface area contributed by atoms with Crippen LogP contribution in [0.15, 0.2) is 24.3 Å². The molecule has 1 amide bonds. The highest BCUT2D eigenvalue weighted by molar-refractivity contribution is 5.96. The maximum atomic E-state index is 12.2. The Morgan fingerprint density at radius 3 is 2.17 bits per heavy atom. The smallest absolute Gasteiger partial charge is 0.326 e. The molecule has 2 N–H and O–H groups in total. The van der Waals surface area contributed by atoms with Crippen LogP contribution in [0.3, 0.4) is 0 Å². The van der Waals surface area contributed by atoms with Gasteiger partial charge in [0.15, 0.2) is 0 Å². The second-order valence-electron chi connectivity index (χ2n) is 7.04. The Hall–Kier alpha value is -1.84. The average molecular weight is 319 g/mol. The molecular formula is C19H29NO3. The Kier molecular flexibility index (Phi) is 7.27. The molecule has 1 atom stereocenters. The molecule has 0 saturated carbocycles. The molecule has 0 fully saturated rings. The fourth-order valence-corrected chi connectivity index (χ4v) is 2.40. The number of carbonyl (C=O) groups is 2. The molecule has 1 aromatic rings. The molecule has 4 nitrogen and oxygen atoms in total. The number of hydrogen-bond acceptors (Lipinski definition) is 2. The third-order valence-corrected chi connectivity index (χ3v) is 3.96. The summed E-state index contributed by atoms with van der Waals surface area (Å²) in [5.74, 6) is -1.30. The van der Waals surface area contributed by atoms with Gasteiger partial charge in [-0.1, -0.05) is 65.5 Å². The van der Waals surface area contributed by atoms with Gasteiger partial charge in [-0.25, -0.2) is 4.79 Å². The summed E-state index contributed by atoms with van der Waals surface area (Å²) in [4.78, 5) is 23.5. The summed E-state index contributed by atoms with van der Waals surface area (Å²) in [6, 6.07) is 6.54. The molecule has 0 spiro atoms. The molecule has 0 unspecified atom stereocenters. The minimum absolute atomic E-state index is 0.0257. The van der Waals surface area contributed by atoms with Crippen LogP contribution in [0, 0.1) is 0 Å². The van der Waals surface area contributed by atoms with E-state index in [2.05, 4.69) is 33.0 Å². The van der Waals surface area contributed by atoms with Crippen molar-refractivity contribution in [2.75, 3.05) is 0 Å². The van der Waals surface area contributed by atoms with Crippen molar-refractivity contribution in [3.05, 3.63) is 35.4 Å². The van der Waals surface area contributed by atoms with Gasteiger partial charge in [0.05, 0.1) is 0 Å². The molecule has 0 heterocycles. The van der Waals surface area contributed by atoms with Gasteiger partial charge in [0.2, 0.25) is 0 Å². The first-order chi connectivity index (χ1) is 10.8. The van der Waals surface area contributed by atoms with Gasteiger partial charge in [0.1, 0.15) is 6.04 Å². The highest BCUT2D eigenvalue weighted by Gasteiger charge is 2.20. The van der Waals surface area contributed by atoms with Crippen LogP contribution in [-0.4, -0.2) is 23.0 Å². The van der Waals surface area contributed by atoms with E-state index in [1.54, 1.807) is 12.1 Å². The Morgan fingerprint density at radius 2 is 1.70 bits per heavy atom. The Labute approximate surface area is 139 Å². The monoisotopic (exact) mass is 319 g/mol. The summed E-state index contributed by atoms with van der Waals surface area (Å²) in [6.45, 7) is 8.44. The molecule has 0 aliphatic heterocycles. The van der Waals surface area contributed by atoms with E-state index < -0.39 is 12.0 Å². The zero-order valence-corrected chi connectivity index (χ0v) is 14.7. The van der Waals surface area contributed by atoms with E-state index in [1.807, 2.05) is 12.1 Å². The number of unbranched alkanes of at least 4 members (excludes halogenated alkanes) is 3. The molecule has 0 bridgehead atoms. The predicted octanol–water partition coefficient (Wildman–Crippen LogP) is 4.14. The highest BCUT2D eigenvalue weighted by atomic mass is 16.4. The number of carbonyl (C=O) groups excluding carboxylic acids is 1. The van der Waals surface area contributed by atoms with Crippen molar-refractivity contribution in [3.63, 3.8) is 0 Å². The molecule has 0 aliphatic carbocycles. The van der Waals surface area contributed by atoms with Crippen molar-refractivity contribution < 1.29 is 14.7 Å². The highest BCUT2D eigenvalue weighted by Crippen LogP contribution is 2.22. The fraction of sp³-hybridized carbons (Fsp3) is 0.579. The predicted molar refractivity (Wildman–Crippen MR) is 92.8 cm³/mol. The number of amides is 1. The van der Waals surface area contributed by atoms with Gasteiger partial charge in [0, 0.05) is 5.56 Å². The lowest BCUT2D eigenvalue weighted by atomic mass is 9.86. The minimum Gasteiger partial charge on any atom is -0.480 e. The molecule has 0 aromatic heterocycles. The Morgan fingerprint density at radius 1 is 1.09 bits per heavy atom. The second-order valence-corrected chi connectivity index (χ2v) is 7.04. The van der Waals surface area contributed by atoms with Crippen LogP contribution in [0.2, 0.25) is 0 Å². The SMILES string of the molecule is CCCCCC[C@@H](NC(=O)c1ccc(C(C)(C)C)cc1)C(=O)O. The summed E-state index contributed by atoms with van der Waals surface area (Å²) in [7, 11) is 0. The summed E-state index contributed by atoms with van der Waals surface area (Å²) < 4.78 is 0. The quantitative estimate of drug-likeness (QED) is 0.708. The molecular weight excluding hydrogens is 290 g/mol. The lowest BCUT2D eigenvalue weighted by Crippen LogP contribution is -2.40. The Balaban J connectivity index is 2.66. The number of benzene rings is 1. The van der Waals surface area contributed by atoms with Crippen LogP contribution in [0.5, 0.6) is 0 Å². The van der Waals surface area contributed by atoms with E-state index in [4.69, 9.17) is 0 Å². The first-order valence-corrected chi connectivity index (χ1v) is 8.40. The van der Waals surface area contributed by atoms with Gasteiger partial charge in [-0.3, -0.25) is 4.79 Å². The van der Waals surface area contributed by atoms with Gasteiger partial charge >= 0.3 is 5.97 Å². The average Bonchev–Trinajstić information content (AvgIpc) is 2.49. The first-order valence-electron chi connectivity index (χ1n) is 8.40. The van der Waals surface area contributed by atoms with Crippen LogP contribution >= 0.6 is 0 Å². The van der Waals surface area contributed by atoms with Crippen LogP contribution in [0.25, 0.3) is 0 Å². The lowest BCUT2D eigenvalue weighted by molar-refractivity contribution is -0.139. The van der Waals surface area contributed by atoms with Gasteiger partial charge in [-0.2, -0.15) is 0 Å². The summed E-state index contributed by atoms with van der Waals surface area (Å²) in [5, 5.41) is 11.9. The van der Waals surface area contributed by atoms with E-state index >= 15 is 0 Å². The van der Waals surface area contributed by atoms with Crippen molar-refractivity contribution in [1.29, 1.82) is 0 Å². The van der Waals surface area contributed by atoms with E-state index in [0.717, 1.165) is 31.2 Å². The lowest BCUT2D eigenvalue weighted by Gasteiger charge is -2.19. The van der Waals surface area contributed by atoms with E-state index in [1.165, 1.54) is 0 Å². The molecule has 128 valence electrons. The van der Waals surface area contributed by atoms with Crippen molar-refractivity contribution in [3.8, 4) is 0 Å². The maximum Gasteiger partial charge on any atom is 0.326 e. The van der Waals surface area contributed by atoms with E-state index in [-0.39, 0.29) is 11.3 Å². The third-order valence-electron chi connectivity index (χ3n) is 3.96. The standard InChI is InChI=1S/C19H29NO3/c1-5-6-7-8-9-16(18(22)23)20-17(21)14-10-12-15(13-11-14)19(2,3)4/h10-13,16H,5-9H2,1-4H3,(H,20,21)(H,22,23)/t16-/m1/s1. The van der Waals surface area contributed by atoms with Crippen LogP contribution < -0.4 is 5.32 Å². The second kappa shape index (κ2) is 8.70. The molecule has 0 saturated heterocycles. The number of carboxylic acid groups (broad SMARTS) is 1. The molecule has 1 aromatic carbocycles. The maximum absolute atomic E-state index is 12.2. The van der Waals surface area contributed by atoms with E-state index in [9.17, 15) is 14.7 Å². The van der Waals surface area contributed by atoms with Gasteiger partial charge in [-0.05, 0) is 29.5 Å². The van der Waals surface area contributed by atoms with Crippen molar-refractivity contribution in [1.82, 2.24) is 5.32 Å². The molecule has 23 heavy (non-hydrogen) atoms. The molecule has 1 rings (SSSR count). The number of aliphatic carboxylic acids is 1. The number of nitrogens with one attached hydrogen (secondary N) is 1. The molecule has 0 radical (unpaired) electrons. The van der Waals surface area contributed by atoms with Crippen molar-refractivity contribution in [2.24, 2.45) is 0 Å². The van der Waals surface area contributed by atoms with Crippen LogP contribution in [0.4, 0.5) is 0 Å². The zero-order chi connectivity index (χ0) is 17.5. The van der Waals surface area contributed by atoms with Crippen molar-refractivity contribution >= 4 is 11.9 Å². The van der Waals surface area contributed by atoms with Gasteiger partial charge < -0.3 is 10.4 Å². The third kappa shape index (κ3) is 6.43. The molecule has 0 aliphatic rings. The fourth-order valence-electron chi connectivity index (χ4n) is 2.40. The minimum atomic E-state index is -0.971. The van der Waals surface area contributed by atoms with Gasteiger partial charge in [-0.15, -0.1) is 0 Å². The normalized spacial score (nSPS) is 12.7. The summed E-state index contributed by atoms with van der Waals surface area (Å²) in [5.41, 5.74) is 1.67. The summed E-state index contributed by atoms with van der Waals surface area (Å²) >= 11 is 0. The van der Waals surface area contributed by atoms with Crippen molar-refractivity contribution in [2.45, 2.75) is 71.3 Å². The van der Waals surface area contributed by atoms with Crippen LogP contribution in [0.1, 0.15) is 75.7 Å². The largest absolute Gasteiger partial charge is 0.480 e. The molecule has 4 heteroatoms. The number of hydrogen-bond donors (Lipinski definition) is 2. The Bertz CT molecular complexity index is 514. The topological polar surface area (TPSA) is 66.4 Å². The van der Waals surface area contributed by atoms with E-state index in [0.29, 0.717) is 12.0 Å². The number of rotatable bonds is 8. The number of carboxylic acids is 1. The first kappa shape index (κ1) is 19.2. The summed E-state index contributed by atoms with van der Waals surface area (Å²) in [6.07, 6.45) is 4.48. The van der Waals surface area contributed by atoms with Crippen LogP contribution in [-0.2, 0) is 10.2 Å². The van der Waals surface area contributed by atoms with Gasteiger partial charge in [0.25, 0.3) is 5.91 Å². The zero-order valence-electron chi connectivity index (χ0n) is 14.7.